The molecule has 2 aromatic rings. The summed E-state index contributed by atoms with van der Waals surface area (Å²) in [6, 6.07) is 9.41. The lowest BCUT2D eigenvalue weighted by Gasteiger charge is -2.03. The minimum atomic E-state index is 0.122. The van der Waals surface area contributed by atoms with Gasteiger partial charge in [0.05, 0.1) is 0 Å². The van der Waals surface area contributed by atoms with Gasteiger partial charge in [0, 0.05) is 28.9 Å². The van der Waals surface area contributed by atoms with Crippen molar-refractivity contribution in [3.63, 3.8) is 0 Å². The van der Waals surface area contributed by atoms with Gasteiger partial charge in [-0.25, -0.2) is 0 Å². The van der Waals surface area contributed by atoms with Gasteiger partial charge in [-0.1, -0.05) is 28.1 Å². The van der Waals surface area contributed by atoms with Crippen molar-refractivity contribution in [1.29, 1.82) is 0 Å². The Bertz CT molecular complexity index is 537. The molecule has 0 amide bonds. The topological polar surface area (TPSA) is 30.0 Å². The van der Waals surface area contributed by atoms with Gasteiger partial charge in [0.15, 0.2) is 5.78 Å². The van der Waals surface area contributed by atoms with Crippen molar-refractivity contribution < 1.29 is 4.79 Å². The second-order valence-corrected chi connectivity index (χ2v) is 4.77. The average Bonchev–Trinajstić information content (AvgIpc) is 2.34. The lowest BCUT2D eigenvalue weighted by Crippen LogP contribution is -2.03. The number of pyridine rings is 1. The lowest BCUT2D eigenvalue weighted by atomic mass is 10.0. The standard InChI is InChI=1S/C14H12BrNO/c1-10-2-3-12(9-13(10)15)14(17)8-11-4-6-16-7-5-11/h2-7,9H,8H2,1H3. The van der Waals surface area contributed by atoms with Crippen molar-refractivity contribution in [3.05, 3.63) is 63.9 Å². The molecule has 0 bridgehead atoms. The molecule has 0 fully saturated rings. The van der Waals surface area contributed by atoms with Gasteiger partial charge in [0.1, 0.15) is 0 Å². The Hall–Kier alpha value is -1.48. The van der Waals surface area contributed by atoms with Crippen LogP contribution in [-0.4, -0.2) is 10.8 Å². The monoisotopic (exact) mass is 289 g/mol. The molecule has 0 spiro atoms. The van der Waals surface area contributed by atoms with E-state index in [1.807, 2.05) is 37.3 Å². The van der Waals surface area contributed by atoms with Crippen LogP contribution in [0, 0.1) is 6.92 Å². The summed E-state index contributed by atoms with van der Waals surface area (Å²) in [4.78, 5) is 16.0. The molecule has 86 valence electrons. The lowest BCUT2D eigenvalue weighted by molar-refractivity contribution is 0.0993. The van der Waals surface area contributed by atoms with Gasteiger partial charge in [-0.3, -0.25) is 9.78 Å². The molecule has 1 aromatic heterocycles. The van der Waals surface area contributed by atoms with Gasteiger partial charge in [-0.2, -0.15) is 0 Å². The van der Waals surface area contributed by atoms with E-state index in [9.17, 15) is 4.79 Å². The van der Waals surface area contributed by atoms with Gasteiger partial charge in [0.25, 0.3) is 0 Å². The number of hydrogen-bond donors (Lipinski definition) is 0. The molecule has 0 aliphatic carbocycles. The van der Waals surface area contributed by atoms with Crippen molar-refractivity contribution >= 4 is 21.7 Å². The fraction of sp³-hybridized carbons (Fsp3) is 0.143. The first kappa shape index (κ1) is 12.0. The molecule has 1 heterocycles. The maximum absolute atomic E-state index is 12.0. The quantitative estimate of drug-likeness (QED) is 0.809. The summed E-state index contributed by atoms with van der Waals surface area (Å²) in [7, 11) is 0. The van der Waals surface area contributed by atoms with E-state index in [0.717, 1.165) is 21.2 Å². The summed E-state index contributed by atoms with van der Waals surface area (Å²) in [6.45, 7) is 2.00. The van der Waals surface area contributed by atoms with Crippen LogP contribution in [0.2, 0.25) is 0 Å². The predicted octanol–water partition coefficient (Wildman–Crippen LogP) is 3.58. The zero-order valence-corrected chi connectivity index (χ0v) is 11.1. The van der Waals surface area contributed by atoms with Crippen LogP contribution in [0.1, 0.15) is 21.5 Å². The molecular weight excluding hydrogens is 278 g/mol. The fourth-order valence-corrected chi connectivity index (χ4v) is 1.93. The van der Waals surface area contributed by atoms with Gasteiger partial charge < -0.3 is 0 Å². The molecule has 0 unspecified atom stereocenters. The highest BCUT2D eigenvalue weighted by Crippen LogP contribution is 2.18. The fourth-order valence-electron chi connectivity index (χ4n) is 1.55. The Morgan fingerprint density at radius 2 is 1.94 bits per heavy atom. The number of benzene rings is 1. The van der Waals surface area contributed by atoms with Crippen LogP contribution in [0.5, 0.6) is 0 Å². The summed E-state index contributed by atoms with van der Waals surface area (Å²) in [5.74, 6) is 0.122. The minimum Gasteiger partial charge on any atom is -0.294 e. The van der Waals surface area contributed by atoms with Crippen LogP contribution in [0.3, 0.4) is 0 Å². The molecule has 2 nitrogen and oxygen atoms in total. The number of carbonyl (C=O) groups excluding carboxylic acids is 1. The van der Waals surface area contributed by atoms with E-state index in [-0.39, 0.29) is 5.78 Å². The number of halogens is 1. The van der Waals surface area contributed by atoms with Crippen molar-refractivity contribution in [2.75, 3.05) is 0 Å². The van der Waals surface area contributed by atoms with Gasteiger partial charge in [0.2, 0.25) is 0 Å². The molecule has 3 heteroatoms. The van der Waals surface area contributed by atoms with E-state index >= 15 is 0 Å². The first-order chi connectivity index (χ1) is 8.16. The van der Waals surface area contributed by atoms with Crippen LogP contribution >= 0.6 is 15.9 Å². The zero-order chi connectivity index (χ0) is 12.3. The number of aromatic nitrogens is 1. The summed E-state index contributed by atoms with van der Waals surface area (Å²) in [5, 5.41) is 0. The summed E-state index contributed by atoms with van der Waals surface area (Å²) >= 11 is 3.44. The van der Waals surface area contributed by atoms with E-state index in [2.05, 4.69) is 20.9 Å². The Morgan fingerprint density at radius 3 is 2.59 bits per heavy atom. The molecule has 1 aromatic carbocycles. The molecule has 0 radical (unpaired) electrons. The highest BCUT2D eigenvalue weighted by molar-refractivity contribution is 9.10. The van der Waals surface area contributed by atoms with Crippen LogP contribution in [0.15, 0.2) is 47.2 Å². The van der Waals surface area contributed by atoms with E-state index < -0.39 is 0 Å². The average molecular weight is 290 g/mol. The molecule has 0 aliphatic rings. The van der Waals surface area contributed by atoms with E-state index in [4.69, 9.17) is 0 Å². The number of aryl methyl sites for hydroxylation is 1. The number of rotatable bonds is 3. The third-order valence-corrected chi connectivity index (χ3v) is 3.46. The Labute approximate surface area is 109 Å². The minimum absolute atomic E-state index is 0.122. The van der Waals surface area contributed by atoms with Crippen LogP contribution in [-0.2, 0) is 6.42 Å². The second kappa shape index (κ2) is 5.23. The first-order valence-electron chi connectivity index (χ1n) is 5.35. The molecule has 0 atom stereocenters. The van der Waals surface area contributed by atoms with Crippen molar-refractivity contribution in [3.8, 4) is 0 Å². The second-order valence-electron chi connectivity index (χ2n) is 3.92. The Kier molecular flexibility index (Phi) is 3.69. The van der Waals surface area contributed by atoms with Crippen LogP contribution in [0.4, 0.5) is 0 Å². The van der Waals surface area contributed by atoms with Gasteiger partial charge >= 0.3 is 0 Å². The largest absolute Gasteiger partial charge is 0.294 e. The number of carbonyl (C=O) groups is 1. The van der Waals surface area contributed by atoms with E-state index in [0.29, 0.717) is 6.42 Å². The van der Waals surface area contributed by atoms with E-state index in [1.54, 1.807) is 12.4 Å². The molecule has 0 aliphatic heterocycles. The number of nitrogens with zero attached hydrogens (tertiary/aromatic N) is 1. The zero-order valence-electron chi connectivity index (χ0n) is 9.48. The molecular formula is C14H12BrNO. The third-order valence-electron chi connectivity index (χ3n) is 2.61. The van der Waals surface area contributed by atoms with Crippen molar-refractivity contribution in [2.24, 2.45) is 0 Å². The highest BCUT2D eigenvalue weighted by atomic mass is 79.9. The molecule has 17 heavy (non-hydrogen) atoms. The molecule has 2 rings (SSSR count). The third kappa shape index (κ3) is 3.01. The highest BCUT2D eigenvalue weighted by Gasteiger charge is 2.08. The Morgan fingerprint density at radius 1 is 1.24 bits per heavy atom. The molecule has 0 saturated heterocycles. The van der Waals surface area contributed by atoms with Crippen LogP contribution < -0.4 is 0 Å². The first-order valence-corrected chi connectivity index (χ1v) is 6.14. The number of ketones is 1. The summed E-state index contributed by atoms with van der Waals surface area (Å²) in [5.41, 5.74) is 2.85. The maximum atomic E-state index is 12.0. The van der Waals surface area contributed by atoms with E-state index in [1.165, 1.54) is 0 Å². The Balaban J connectivity index is 2.18. The SMILES string of the molecule is Cc1ccc(C(=O)Cc2ccncc2)cc1Br. The summed E-state index contributed by atoms with van der Waals surface area (Å²) in [6.07, 6.45) is 3.82. The van der Waals surface area contributed by atoms with Gasteiger partial charge in [-0.05, 0) is 36.2 Å². The summed E-state index contributed by atoms with van der Waals surface area (Å²) < 4.78 is 0.970. The van der Waals surface area contributed by atoms with Crippen molar-refractivity contribution in [1.82, 2.24) is 4.98 Å². The van der Waals surface area contributed by atoms with Crippen LogP contribution in [0.25, 0.3) is 0 Å². The van der Waals surface area contributed by atoms with Gasteiger partial charge in [-0.15, -0.1) is 0 Å². The number of hydrogen-bond acceptors (Lipinski definition) is 2. The maximum Gasteiger partial charge on any atom is 0.167 e. The number of Topliss-reactive ketones (excluding diaryl/α,β-unsaturated/α-hetero) is 1. The predicted molar refractivity (Wildman–Crippen MR) is 71.2 cm³/mol. The normalized spacial score (nSPS) is 10.2. The smallest absolute Gasteiger partial charge is 0.167 e. The molecule has 0 N–H and O–H groups in total. The van der Waals surface area contributed by atoms with Crippen molar-refractivity contribution in [2.45, 2.75) is 13.3 Å². The molecule has 0 saturated carbocycles.